The van der Waals surface area contributed by atoms with Crippen molar-refractivity contribution in [3.05, 3.63) is 122 Å². The normalized spacial score (nSPS) is 17.1. The van der Waals surface area contributed by atoms with Crippen LogP contribution in [-0.2, 0) is 22.6 Å². The van der Waals surface area contributed by atoms with Crippen molar-refractivity contribution in [3.63, 3.8) is 0 Å². The van der Waals surface area contributed by atoms with Crippen LogP contribution >= 0.6 is 0 Å². The lowest BCUT2D eigenvalue weighted by Gasteiger charge is -2.44. The number of carbonyl (C=O) groups is 2. The number of carbonyl (C=O) groups excluding carboxylic acids is 2. The molecule has 6 rings (SSSR count). The van der Waals surface area contributed by atoms with E-state index in [0.717, 1.165) is 72.3 Å². The van der Waals surface area contributed by atoms with Crippen LogP contribution in [0.3, 0.4) is 0 Å². The van der Waals surface area contributed by atoms with Gasteiger partial charge >= 0.3 is 0 Å². The van der Waals surface area contributed by atoms with Gasteiger partial charge in [0, 0.05) is 60.0 Å². The van der Waals surface area contributed by atoms with Gasteiger partial charge in [-0.15, -0.1) is 0 Å². The Morgan fingerprint density at radius 2 is 1.47 bits per heavy atom. The van der Waals surface area contributed by atoms with Gasteiger partial charge in [-0.25, -0.2) is 0 Å². The average molecular weight is 579 g/mol. The number of methoxy groups -OCH3 is 1. The molecule has 0 amide bonds. The third-order valence-electron chi connectivity index (χ3n) is 8.62. The minimum atomic E-state index is -0.435. The number of allylic oxidation sites excluding steroid dienone is 4. The summed E-state index contributed by atoms with van der Waals surface area (Å²) in [5.41, 5.74) is 6.48. The fourth-order valence-corrected chi connectivity index (χ4v) is 6.56. The van der Waals surface area contributed by atoms with Crippen LogP contribution in [0.2, 0.25) is 0 Å². The standard InChI is InChI=1S/C35H34N2O6/c1-42-32-21-25(15-18-31(32)43-22-24-13-16-26(17-14-24)37(40)41)33-34-27(9-5-11-29(34)38)36(20-19-23-7-3-2-4-8-23)28-10-6-12-30(39)35(28)33/h2-4,7-8,13-18,21,33H,5-6,9-12,19-20,22H2,1H3. The Morgan fingerprint density at radius 1 is 0.814 bits per heavy atom. The molecule has 3 aromatic rings. The predicted octanol–water partition coefficient (Wildman–Crippen LogP) is 6.84. The topological polar surface area (TPSA) is 99.0 Å². The first-order valence-corrected chi connectivity index (χ1v) is 14.8. The van der Waals surface area contributed by atoms with Crippen LogP contribution in [0, 0.1) is 10.1 Å². The van der Waals surface area contributed by atoms with E-state index in [1.54, 1.807) is 19.2 Å². The molecule has 3 aromatic carbocycles. The van der Waals surface area contributed by atoms with Crippen molar-refractivity contribution in [1.82, 2.24) is 4.90 Å². The Balaban J connectivity index is 1.34. The maximum atomic E-state index is 13.6. The van der Waals surface area contributed by atoms with Crippen LogP contribution in [-0.4, -0.2) is 35.0 Å². The largest absolute Gasteiger partial charge is 0.493 e. The first-order valence-electron chi connectivity index (χ1n) is 14.8. The van der Waals surface area contributed by atoms with Crippen molar-refractivity contribution in [2.75, 3.05) is 13.7 Å². The van der Waals surface area contributed by atoms with Gasteiger partial charge in [0.1, 0.15) is 6.61 Å². The second kappa shape index (κ2) is 12.3. The number of nitro groups is 1. The van der Waals surface area contributed by atoms with Gasteiger partial charge in [-0.05, 0) is 73.1 Å². The number of nitrogens with zero attached hydrogens (tertiary/aromatic N) is 2. The fourth-order valence-electron chi connectivity index (χ4n) is 6.56. The number of hydrogen-bond acceptors (Lipinski definition) is 7. The smallest absolute Gasteiger partial charge is 0.269 e. The van der Waals surface area contributed by atoms with Gasteiger partial charge < -0.3 is 14.4 Å². The lowest BCUT2D eigenvalue weighted by Crippen LogP contribution is -2.39. The van der Waals surface area contributed by atoms with Gasteiger partial charge in [0.2, 0.25) is 0 Å². The molecule has 3 aliphatic rings. The molecule has 220 valence electrons. The molecule has 0 fully saturated rings. The summed E-state index contributed by atoms with van der Waals surface area (Å²) in [6.45, 7) is 0.933. The molecular weight excluding hydrogens is 544 g/mol. The Bertz CT molecular complexity index is 1580. The molecule has 8 nitrogen and oxygen atoms in total. The molecule has 1 heterocycles. The Hall–Kier alpha value is -4.72. The Kier molecular flexibility index (Phi) is 8.09. The molecule has 0 atom stereocenters. The van der Waals surface area contributed by atoms with Crippen LogP contribution in [0.15, 0.2) is 95.3 Å². The second-order valence-electron chi connectivity index (χ2n) is 11.2. The zero-order valence-corrected chi connectivity index (χ0v) is 24.2. The highest BCUT2D eigenvalue weighted by molar-refractivity contribution is 6.06. The summed E-state index contributed by atoms with van der Waals surface area (Å²) in [5.74, 6) is 0.799. The summed E-state index contributed by atoms with van der Waals surface area (Å²) in [6.07, 6.45) is 5.02. The number of ketones is 2. The molecule has 8 heteroatoms. The van der Waals surface area contributed by atoms with Gasteiger partial charge in [-0.2, -0.15) is 0 Å². The van der Waals surface area contributed by atoms with Crippen molar-refractivity contribution >= 4 is 17.3 Å². The predicted molar refractivity (Wildman–Crippen MR) is 162 cm³/mol. The monoisotopic (exact) mass is 578 g/mol. The van der Waals surface area contributed by atoms with Gasteiger partial charge in [0.15, 0.2) is 23.1 Å². The highest BCUT2D eigenvalue weighted by atomic mass is 16.6. The molecule has 0 radical (unpaired) electrons. The number of nitro benzene ring substituents is 1. The average Bonchev–Trinajstić information content (AvgIpc) is 3.03. The van der Waals surface area contributed by atoms with Gasteiger partial charge in [0.05, 0.1) is 12.0 Å². The third-order valence-corrected chi connectivity index (χ3v) is 8.62. The molecule has 2 aliphatic carbocycles. The van der Waals surface area contributed by atoms with Crippen LogP contribution in [0.25, 0.3) is 0 Å². The first kappa shape index (κ1) is 28.4. The van der Waals surface area contributed by atoms with Crippen molar-refractivity contribution in [3.8, 4) is 11.5 Å². The van der Waals surface area contributed by atoms with Crippen LogP contribution in [0.4, 0.5) is 5.69 Å². The van der Waals surface area contributed by atoms with E-state index < -0.39 is 10.8 Å². The Labute approximate surface area is 250 Å². The van der Waals surface area contributed by atoms with Gasteiger partial charge in [0.25, 0.3) is 5.69 Å². The van der Waals surface area contributed by atoms with Crippen molar-refractivity contribution in [2.45, 2.75) is 57.5 Å². The Morgan fingerprint density at radius 3 is 2.07 bits per heavy atom. The van der Waals surface area contributed by atoms with E-state index in [-0.39, 0.29) is 23.9 Å². The lowest BCUT2D eigenvalue weighted by atomic mass is 9.71. The van der Waals surface area contributed by atoms with Gasteiger partial charge in [-0.3, -0.25) is 19.7 Å². The summed E-state index contributed by atoms with van der Waals surface area (Å²) < 4.78 is 11.8. The highest BCUT2D eigenvalue weighted by Gasteiger charge is 2.43. The number of non-ortho nitro benzene ring substituents is 1. The van der Waals surface area contributed by atoms with Crippen LogP contribution in [0.5, 0.6) is 11.5 Å². The highest BCUT2D eigenvalue weighted by Crippen LogP contribution is 2.50. The van der Waals surface area contributed by atoms with E-state index in [0.29, 0.717) is 24.3 Å². The minimum Gasteiger partial charge on any atom is -0.493 e. The van der Waals surface area contributed by atoms with Crippen molar-refractivity contribution in [2.24, 2.45) is 0 Å². The SMILES string of the molecule is COc1cc(C2C3=C(CCCC3=O)N(CCc3ccccc3)C3=C2C(=O)CCC3)ccc1OCc1ccc([N+](=O)[O-])cc1. The summed E-state index contributed by atoms with van der Waals surface area (Å²) in [4.78, 5) is 40.1. The molecule has 0 N–H and O–H groups in total. The molecule has 0 bridgehead atoms. The number of Topliss-reactive ketones (excluding diaryl/α,β-unsaturated/α-hetero) is 2. The summed E-state index contributed by atoms with van der Waals surface area (Å²) >= 11 is 0. The molecule has 0 saturated carbocycles. The zero-order chi connectivity index (χ0) is 29.9. The fraction of sp³-hybridized carbons (Fsp3) is 0.314. The van der Waals surface area contributed by atoms with E-state index in [2.05, 4.69) is 17.0 Å². The quantitative estimate of drug-likeness (QED) is 0.203. The van der Waals surface area contributed by atoms with E-state index in [1.807, 2.05) is 36.4 Å². The molecule has 0 aromatic heterocycles. The molecular formula is C35H34N2O6. The van der Waals surface area contributed by atoms with Crippen LogP contribution < -0.4 is 9.47 Å². The number of rotatable bonds is 9. The molecule has 0 saturated heterocycles. The van der Waals surface area contributed by atoms with Gasteiger partial charge in [-0.1, -0.05) is 36.4 Å². The number of hydrogen-bond donors (Lipinski definition) is 0. The van der Waals surface area contributed by atoms with Crippen molar-refractivity contribution in [1.29, 1.82) is 0 Å². The maximum Gasteiger partial charge on any atom is 0.269 e. The van der Waals surface area contributed by atoms with E-state index in [1.165, 1.54) is 17.7 Å². The zero-order valence-electron chi connectivity index (χ0n) is 24.2. The second-order valence-corrected chi connectivity index (χ2v) is 11.2. The van der Waals surface area contributed by atoms with Crippen molar-refractivity contribution < 1.29 is 24.0 Å². The first-order chi connectivity index (χ1) is 20.9. The van der Waals surface area contributed by atoms with E-state index in [4.69, 9.17) is 9.47 Å². The summed E-state index contributed by atoms with van der Waals surface area (Å²) in [5, 5.41) is 11.0. The summed E-state index contributed by atoms with van der Waals surface area (Å²) in [6, 6.07) is 22.2. The molecule has 0 spiro atoms. The number of ether oxygens (including phenoxy) is 2. The van der Waals surface area contributed by atoms with Crippen LogP contribution in [0.1, 0.15) is 61.1 Å². The summed E-state index contributed by atoms with van der Waals surface area (Å²) in [7, 11) is 1.57. The number of benzene rings is 3. The third kappa shape index (κ3) is 5.69. The van der Waals surface area contributed by atoms with E-state index >= 15 is 0 Å². The lowest BCUT2D eigenvalue weighted by molar-refractivity contribution is -0.384. The molecule has 0 unspecified atom stereocenters. The minimum absolute atomic E-state index is 0.0219. The molecule has 1 aliphatic heterocycles. The maximum absolute atomic E-state index is 13.6. The van der Waals surface area contributed by atoms with E-state index in [9.17, 15) is 19.7 Å². The molecule has 43 heavy (non-hydrogen) atoms.